The highest BCUT2D eigenvalue weighted by molar-refractivity contribution is 7.14. The van der Waals surface area contributed by atoms with Gasteiger partial charge in [0.05, 0.1) is 10.9 Å². The standard InChI is InChI=1S/C18H21N3O2S/c1-13-6-2-3-8-15(13)19-17(22)14-7-4-10-21(12-14)18(23)20-16-9-5-11-24-16/h2-3,5-6,8-9,11,14H,4,7,10,12H2,1H3,(H,19,22)(H,20,23). The van der Waals surface area contributed by atoms with Crippen LogP contribution in [0.4, 0.5) is 15.5 Å². The number of carbonyl (C=O) groups is 2. The molecule has 6 heteroatoms. The van der Waals surface area contributed by atoms with Crippen LogP contribution in [0.3, 0.4) is 0 Å². The SMILES string of the molecule is Cc1ccccc1NC(=O)C1CCCN(C(=O)Nc2cccs2)C1. The number of nitrogens with zero attached hydrogens (tertiary/aromatic N) is 1. The minimum atomic E-state index is -0.174. The summed E-state index contributed by atoms with van der Waals surface area (Å²) < 4.78 is 0. The minimum Gasteiger partial charge on any atom is -0.326 e. The molecule has 2 heterocycles. The van der Waals surface area contributed by atoms with E-state index >= 15 is 0 Å². The lowest BCUT2D eigenvalue weighted by Gasteiger charge is -2.32. The zero-order chi connectivity index (χ0) is 16.9. The molecule has 0 spiro atoms. The molecule has 0 aliphatic carbocycles. The van der Waals surface area contributed by atoms with Gasteiger partial charge >= 0.3 is 6.03 Å². The van der Waals surface area contributed by atoms with Crippen LogP contribution in [0.5, 0.6) is 0 Å². The minimum absolute atomic E-state index is 0.0158. The second-order valence-electron chi connectivity index (χ2n) is 6.00. The number of anilines is 2. The van der Waals surface area contributed by atoms with Crippen molar-refractivity contribution in [3.8, 4) is 0 Å². The first-order valence-corrected chi connectivity index (χ1v) is 8.97. The highest BCUT2D eigenvalue weighted by atomic mass is 32.1. The van der Waals surface area contributed by atoms with Crippen molar-refractivity contribution in [2.45, 2.75) is 19.8 Å². The first-order valence-electron chi connectivity index (χ1n) is 8.09. The molecule has 1 atom stereocenters. The summed E-state index contributed by atoms with van der Waals surface area (Å²) in [6.45, 7) is 3.11. The highest BCUT2D eigenvalue weighted by Crippen LogP contribution is 2.22. The number of thiophene rings is 1. The number of amides is 3. The first-order chi connectivity index (χ1) is 11.6. The van der Waals surface area contributed by atoms with Crippen LogP contribution in [-0.2, 0) is 4.79 Å². The molecule has 1 unspecified atom stereocenters. The van der Waals surface area contributed by atoms with Crippen LogP contribution in [-0.4, -0.2) is 29.9 Å². The molecule has 1 aromatic heterocycles. The Bertz CT molecular complexity index is 715. The molecule has 1 fully saturated rings. The fourth-order valence-electron chi connectivity index (χ4n) is 2.86. The number of para-hydroxylation sites is 1. The number of benzene rings is 1. The summed E-state index contributed by atoms with van der Waals surface area (Å²) in [4.78, 5) is 26.6. The van der Waals surface area contributed by atoms with E-state index < -0.39 is 0 Å². The Morgan fingerprint density at radius 2 is 2.00 bits per heavy atom. The summed E-state index contributed by atoms with van der Waals surface area (Å²) >= 11 is 1.49. The number of nitrogens with one attached hydrogen (secondary N) is 2. The van der Waals surface area contributed by atoms with Crippen molar-refractivity contribution in [2.24, 2.45) is 5.92 Å². The maximum atomic E-state index is 12.5. The zero-order valence-electron chi connectivity index (χ0n) is 13.6. The Morgan fingerprint density at radius 1 is 1.17 bits per heavy atom. The van der Waals surface area contributed by atoms with E-state index in [2.05, 4.69) is 10.6 Å². The van der Waals surface area contributed by atoms with Crippen LogP contribution in [0.15, 0.2) is 41.8 Å². The number of carbonyl (C=O) groups excluding carboxylic acids is 2. The van der Waals surface area contributed by atoms with Gasteiger partial charge in [-0.1, -0.05) is 18.2 Å². The molecule has 1 aromatic carbocycles. The predicted molar refractivity (Wildman–Crippen MR) is 97.4 cm³/mol. The number of rotatable bonds is 3. The van der Waals surface area contributed by atoms with E-state index in [9.17, 15) is 9.59 Å². The van der Waals surface area contributed by atoms with Crippen LogP contribution >= 0.6 is 11.3 Å². The van der Waals surface area contributed by atoms with Gasteiger partial charge in [-0.3, -0.25) is 10.1 Å². The third-order valence-electron chi connectivity index (χ3n) is 4.23. The molecule has 0 bridgehead atoms. The van der Waals surface area contributed by atoms with Crippen LogP contribution in [0.2, 0.25) is 0 Å². The summed E-state index contributed by atoms with van der Waals surface area (Å²) in [5, 5.41) is 8.62. The molecule has 1 aliphatic rings. The second-order valence-corrected chi connectivity index (χ2v) is 6.94. The Labute approximate surface area is 145 Å². The van der Waals surface area contributed by atoms with E-state index in [0.29, 0.717) is 13.1 Å². The van der Waals surface area contributed by atoms with Crippen molar-refractivity contribution in [1.82, 2.24) is 4.90 Å². The van der Waals surface area contributed by atoms with E-state index in [1.807, 2.05) is 48.7 Å². The van der Waals surface area contributed by atoms with Gasteiger partial charge in [0.15, 0.2) is 0 Å². The average molecular weight is 343 g/mol. The molecule has 2 aromatic rings. The first kappa shape index (κ1) is 16.5. The molecule has 0 saturated carbocycles. The number of likely N-dealkylation sites (tertiary alicyclic amines) is 1. The molecule has 2 N–H and O–H groups in total. The van der Waals surface area contributed by atoms with Crippen LogP contribution in [0.1, 0.15) is 18.4 Å². The normalized spacial score (nSPS) is 17.4. The quantitative estimate of drug-likeness (QED) is 0.887. The molecule has 1 saturated heterocycles. The van der Waals surface area contributed by atoms with Crippen molar-refractivity contribution in [1.29, 1.82) is 0 Å². The van der Waals surface area contributed by atoms with Crippen molar-refractivity contribution < 1.29 is 9.59 Å². The van der Waals surface area contributed by atoms with Crippen molar-refractivity contribution in [2.75, 3.05) is 23.7 Å². The summed E-state index contributed by atoms with van der Waals surface area (Å²) in [6, 6.07) is 11.4. The molecule has 0 radical (unpaired) electrons. The summed E-state index contributed by atoms with van der Waals surface area (Å²) in [5.41, 5.74) is 1.87. The van der Waals surface area contributed by atoms with Crippen molar-refractivity contribution in [3.63, 3.8) is 0 Å². The fourth-order valence-corrected chi connectivity index (χ4v) is 3.46. The summed E-state index contributed by atoms with van der Waals surface area (Å²) in [6.07, 6.45) is 1.64. The van der Waals surface area contributed by atoms with Gasteiger partial charge in [-0.15, -0.1) is 11.3 Å². The van der Waals surface area contributed by atoms with Crippen molar-refractivity contribution >= 4 is 34.0 Å². The van der Waals surface area contributed by atoms with Gasteiger partial charge in [0.25, 0.3) is 0 Å². The number of aryl methyl sites for hydroxylation is 1. The maximum absolute atomic E-state index is 12.5. The molecule has 3 rings (SSSR count). The molecular formula is C18H21N3O2S. The Morgan fingerprint density at radius 3 is 2.75 bits per heavy atom. The van der Waals surface area contributed by atoms with Crippen LogP contribution in [0.25, 0.3) is 0 Å². The number of piperidine rings is 1. The third kappa shape index (κ3) is 3.94. The molecular weight excluding hydrogens is 322 g/mol. The van der Waals surface area contributed by atoms with E-state index in [1.54, 1.807) is 4.90 Å². The van der Waals surface area contributed by atoms with Gasteiger partial charge in [-0.05, 0) is 48.9 Å². The highest BCUT2D eigenvalue weighted by Gasteiger charge is 2.28. The lowest BCUT2D eigenvalue weighted by molar-refractivity contribution is -0.121. The van der Waals surface area contributed by atoms with E-state index in [-0.39, 0.29) is 17.9 Å². The van der Waals surface area contributed by atoms with Crippen molar-refractivity contribution in [3.05, 3.63) is 47.3 Å². The third-order valence-corrected chi connectivity index (χ3v) is 5.02. The lowest BCUT2D eigenvalue weighted by atomic mass is 9.97. The van der Waals surface area contributed by atoms with Gasteiger partial charge in [0.1, 0.15) is 0 Å². The molecule has 5 nitrogen and oxygen atoms in total. The number of hydrogen-bond donors (Lipinski definition) is 2. The van der Waals surface area contributed by atoms with Gasteiger partial charge in [0, 0.05) is 18.8 Å². The maximum Gasteiger partial charge on any atom is 0.322 e. The topological polar surface area (TPSA) is 61.4 Å². The van der Waals surface area contributed by atoms with Crippen LogP contribution in [0, 0.1) is 12.8 Å². The molecule has 3 amide bonds. The van der Waals surface area contributed by atoms with Crippen LogP contribution < -0.4 is 10.6 Å². The second kappa shape index (κ2) is 7.49. The lowest BCUT2D eigenvalue weighted by Crippen LogP contribution is -2.45. The van der Waals surface area contributed by atoms with Gasteiger partial charge in [-0.2, -0.15) is 0 Å². The molecule has 126 valence electrons. The van der Waals surface area contributed by atoms with Gasteiger partial charge in [0.2, 0.25) is 5.91 Å². The summed E-state index contributed by atoms with van der Waals surface area (Å²) in [7, 11) is 0. The zero-order valence-corrected chi connectivity index (χ0v) is 14.4. The molecule has 1 aliphatic heterocycles. The fraction of sp³-hybridized carbons (Fsp3) is 0.333. The Hall–Kier alpha value is -2.34. The van der Waals surface area contributed by atoms with Gasteiger partial charge in [-0.25, -0.2) is 4.79 Å². The Kier molecular flexibility index (Phi) is 5.15. The number of urea groups is 1. The van der Waals surface area contributed by atoms with E-state index in [0.717, 1.165) is 29.1 Å². The monoisotopic (exact) mass is 343 g/mol. The van der Waals surface area contributed by atoms with E-state index in [1.165, 1.54) is 11.3 Å². The Balaban J connectivity index is 1.59. The smallest absolute Gasteiger partial charge is 0.322 e. The summed E-state index contributed by atoms with van der Waals surface area (Å²) in [5.74, 6) is -0.189. The predicted octanol–water partition coefficient (Wildman–Crippen LogP) is 3.94. The molecule has 24 heavy (non-hydrogen) atoms. The van der Waals surface area contributed by atoms with Gasteiger partial charge < -0.3 is 10.2 Å². The largest absolute Gasteiger partial charge is 0.326 e. The van der Waals surface area contributed by atoms with E-state index in [4.69, 9.17) is 0 Å². The average Bonchev–Trinajstić information content (AvgIpc) is 3.10. The number of hydrogen-bond acceptors (Lipinski definition) is 3.